The molecule has 0 unspecified atom stereocenters. The number of carbonyl (C=O) groups is 2. The van der Waals surface area contributed by atoms with Crippen LogP contribution in [-0.4, -0.2) is 18.6 Å². The lowest BCUT2D eigenvalue weighted by molar-refractivity contribution is -0.127. The highest BCUT2D eigenvalue weighted by molar-refractivity contribution is 5.94. The zero-order valence-corrected chi connectivity index (χ0v) is 9.35. The third kappa shape index (κ3) is 5.56. The van der Waals surface area contributed by atoms with Crippen molar-refractivity contribution < 1.29 is 14.3 Å². The molecule has 0 rings (SSSR count). The van der Waals surface area contributed by atoms with E-state index < -0.39 is 11.5 Å². The average Bonchev–Trinajstić information content (AvgIpc) is 2.03. The third-order valence-electron chi connectivity index (χ3n) is 1.63. The molecular formula is C10H19NO3. The number of alkyl carbamates (subject to hydrolysis) is 1. The first kappa shape index (κ1) is 12.9. The lowest BCUT2D eigenvalue weighted by atomic mass is 9.96. The van der Waals surface area contributed by atoms with E-state index >= 15 is 0 Å². The van der Waals surface area contributed by atoms with Crippen molar-refractivity contribution in [2.45, 2.75) is 40.5 Å². The number of nitrogens with one attached hydrogen (secondary N) is 1. The van der Waals surface area contributed by atoms with Crippen molar-refractivity contribution in [3.63, 3.8) is 0 Å². The summed E-state index contributed by atoms with van der Waals surface area (Å²) in [7, 11) is 0. The Bertz CT molecular complexity index is 206. The minimum atomic E-state index is -0.654. The number of ether oxygens (including phenoxy) is 1. The van der Waals surface area contributed by atoms with Crippen molar-refractivity contribution in [1.82, 2.24) is 5.32 Å². The number of amides is 2. The molecule has 2 amide bonds. The summed E-state index contributed by atoms with van der Waals surface area (Å²) in [4.78, 5) is 22.3. The lowest BCUT2D eigenvalue weighted by Crippen LogP contribution is -2.39. The van der Waals surface area contributed by atoms with Crippen LogP contribution in [0.2, 0.25) is 0 Å². The maximum Gasteiger partial charge on any atom is 0.413 e. The maximum absolute atomic E-state index is 11.3. The number of rotatable bonds is 3. The average molecular weight is 201 g/mol. The van der Waals surface area contributed by atoms with Gasteiger partial charge in [0.25, 0.3) is 0 Å². The second kappa shape index (κ2) is 5.62. The molecule has 0 aliphatic carbocycles. The fraction of sp³-hybridized carbons (Fsp3) is 0.800. The van der Waals surface area contributed by atoms with Crippen LogP contribution in [0.25, 0.3) is 0 Å². The molecule has 0 bridgehead atoms. The van der Waals surface area contributed by atoms with Gasteiger partial charge in [-0.05, 0) is 6.42 Å². The van der Waals surface area contributed by atoms with Gasteiger partial charge < -0.3 is 4.74 Å². The summed E-state index contributed by atoms with van der Waals surface area (Å²) < 4.78 is 4.78. The van der Waals surface area contributed by atoms with E-state index in [1.54, 1.807) is 20.8 Å². The van der Waals surface area contributed by atoms with Crippen LogP contribution in [0.4, 0.5) is 4.79 Å². The molecular weight excluding hydrogens is 182 g/mol. The zero-order valence-electron chi connectivity index (χ0n) is 9.35. The van der Waals surface area contributed by atoms with Gasteiger partial charge in [-0.25, -0.2) is 4.79 Å². The van der Waals surface area contributed by atoms with Crippen molar-refractivity contribution in [2.24, 2.45) is 5.41 Å². The fourth-order valence-corrected chi connectivity index (χ4v) is 0.625. The van der Waals surface area contributed by atoms with Gasteiger partial charge in [0.2, 0.25) is 5.91 Å². The van der Waals surface area contributed by atoms with E-state index in [2.05, 4.69) is 5.32 Å². The Hall–Kier alpha value is -1.06. The van der Waals surface area contributed by atoms with E-state index in [1.165, 1.54) is 0 Å². The van der Waals surface area contributed by atoms with E-state index in [4.69, 9.17) is 4.74 Å². The van der Waals surface area contributed by atoms with Crippen LogP contribution >= 0.6 is 0 Å². The molecule has 0 aromatic carbocycles. The van der Waals surface area contributed by atoms with Crippen LogP contribution in [0, 0.1) is 5.41 Å². The van der Waals surface area contributed by atoms with Crippen molar-refractivity contribution in [2.75, 3.05) is 6.61 Å². The van der Waals surface area contributed by atoms with Crippen LogP contribution in [-0.2, 0) is 9.53 Å². The van der Waals surface area contributed by atoms with Gasteiger partial charge in [-0.15, -0.1) is 0 Å². The zero-order chi connectivity index (χ0) is 11.2. The number of hydrogen-bond acceptors (Lipinski definition) is 3. The van der Waals surface area contributed by atoms with E-state index in [-0.39, 0.29) is 5.91 Å². The Morgan fingerprint density at radius 1 is 1.29 bits per heavy atom. The summed E-state index contributed by atoms with van der Waals surface area (Å²) >= 11 is 0. The Morgan fingerprint density at radius 3 is 2.29 bits per heavy atom. The molecule has 14 heavy (non-hydrogen) atoms. The highest BCUT2D eigenvalue weighted by Crippen LogP contribution is 2.12. The molecule has 0 aliphatic rings. The van der Waals surface area contributed by atoms with Crippen molar-refractivity contribution in [3.8, 4) is 0 Å². The lowest BCUT2D eigenvalue weighted by Gasteiger charge is -2.16. The van der Waals surface area contributed by atoms with Gasteiger partial charge >= 0.3 is 6.09 Å². The first-order valence-electron chi connectivity index (χ1n) is 4.86. The van der Waals surface area contributed by atoms with Gasteiger partial charge in [-0.2, -0.15) is 0 Å². The van der Waals surface area contributed by atoms with Crippen LogP contribution in [0.15, 0.2) is 0 Å². The Labute approximate surface area is 85.0 Å². The number of carbonyl (C=O) groups excluding carboxylic acids is 2. The van der Waals surface area contributed by atoms with Gasteiger partial charge in [0.15, 0.2) is 0 Å². The minimum Gasteiger partial charge on any atom is -0.449 e. The van der Waals surface area contributed by atoms with E-state index in [0.717, 1.165) is 12.8 Å². The summed E-state index contributed by atoms with van der Waals surface area (Å²) in [6.45, 7) is 7.58. The van der Waals surface area contributed by atoms with Gasteiger partial charge in [0.1, 0.15) is 0 Å². The smallest absolute Gasteiger partial charge is 0.413 e. The highest BCUT2D eigenvalue weighted by atomic mass is 16.5. The minimum absolute atomic E-state index is 0.320. The molecule has 82 valence electrons. The van der Waals surface area contributed by atoms with Crippen molar-refractivity contribution >= 4 is 12.0 Å². The van der Waals surface area contributed by atoms with E-state index in [1.807, 2.05) is 6.92 Å². The SMILES string of the molecule is CCCCOC(=O)NC(=O)C(C)(C)C. The molecule has 0 radical (unpaired) electrons. The second-order valence-electron chi connectivity index (χ2n) is 4.19. The number of hydrogen-bond donors (Lipinski definition) is 1. The predicted octanol–water partition coefficient (Wildman–Crippen LogP) is 2.09. The normalized spacial score (nSPS) is 10.9. The monoisotopic (exact) mass is 201 g/mol. The standard InChI is InChI=1S/C10H19NO3/c1-5-6-7-14-9(13)11-8(12)10(2,3)4/h5-7H2,1-4H3,(H,11,12,13). The first-order valence-corrected chi connectivity index (χ1v) is 4.86. The Balaban J connectivity index is 3.78. The van der Waals surface area contributed by atoms with Gasteiger partial charge in [-0.3, -0.25) is 10.1 Å². The highest BCUT2D eigenvalue weighted by Gasteiger charge is 2.23. The molecule has 0 aromatic heterocycles. The van der Waals surface area contributed by atoms with Crippen LogP contribution in [0.3, 0.4) is 0 Å². The third-order valence-corrected chi connectivity index (χ3v) is 1.63. The molecule has 4 nitrogen and oxygen atoms in total. The molecule has 0 saturated carbocycles. The predicted molar refractivity (Wildman–Crippen MR) is 53.9 cm³/mol. The van der Waals surface area contributed by atoms with Gasteiger partial charge in [0, 0.05) is 5.41 Å². The molecule has 0 aliphatic heterocycles. The van der Waals surface area contributed by atoms with Crippen LogP contribution in [0.1, 0.15) is 40.5 Å². The molecule has 0 atom stereocenters. The summed E-state index contributed by atoms with van der Waals surface area (Å²) in [5.74, 6) is -0.320. The molecule has 0 saturated heterocycles. The topological polar surface area (TPSA) is 55.4 Å². The van der Waals surface area contributed by atoms with E-state index in [9.17, 15) is 9.59 Å². The summed E-state index contributed by atoms with van der Waals surface area (Å²) in [6, 6.07) is 0. The van der Waals surface area contributed by atoms with E-state index in [0.29, 0.717) is 6.61 Å². The number of unbranched alkanes of at least 4 members (excludes halogenated alkanes) is 1. The van der Waals surface area contributed by atoms with Crippen LogP contribution < -0.4 is 5.32 Å². The van der Waals surface area contributed by atoms with Crippen LogP contribution in [0.5, 0.6) is 0 Å². The Kier molecular flexibility index (Phi) is 5.20. The van der Waals surface area contributed by atoms with Crippen molar-refractivity contribution in [1.29, 1.82) is 0 Å². The molecule has 1 N–H and O–H groups in total. The molecule has 0 fully saturated rings. The first-order chi connectivity index (χ1) is 6.38. The summed E-state index contributed by atoms with van der Waals surface area (Å²) in [6.07, 6.45) is 1.12. The van der Waals surface area contributed by atoms with Gasteiger partial charge in [-0.1, -0.05) is 34.1 Å². The fourth-order valence-electron chi connectivity index (χ4n) is 0.625. The second-order valence-corrected chi connectivity index (χ2v) is 4.19. The number of imide groups is 1. The molecule has 0 spiro atoms. The van der Waals surface area contributed by atoms with Gasteiger partial charge in [0.05, 0.1) is 6.61 Å². The molecule has 4 heteroatoms. The largest absolute Gasteiger partial charge is 0.449 e. The quantitative estimate of drug-likeness (QED) is 0.711. The molecule has 0 aromatic rings. The molecule has 0 heterocycles. The summed E-state index contributed by atoms with van der Waals surface area (Å²) in [5.41, 5.74) is -0.566. The maximum atomic E-state index is 11.3. The Morgan fingerprint density at radius 2 is 1.86 bits per heavy atom. The van der Waals surface area contributed by atoms with Crippen molar-refractivity contribution in [3.05, 3.63) is 0 Å². The summed E-state index contributed by atoms with van der Waals surface area (Å²) in [5, 5.41) is 2.18.